The highest BCUT2D eigenvalue weighted by molar-refractivity contribution is 5.83. The van der Waals surface area contributed by atoms with Crippen LogP contribution in [0.1, 0.15) is 24.2 Å². The van der Waals surface area contributed by atoms with Crippen molar-refractivity contribution in [3.05, 3.63) is 41.8 Å². The number of piperidine rings is 1. The van der Waals surface area contributed by atoms with E-state index in [-0.39, 0.29) is 0 Å². The van der Waals surface area contributed by atoms with Crippen LogP contribution in [0.5, 0.6) is 0 Å². The van der Waals surface area contributed by atoms with Gasteiger partial charge < -0.3 is 9.32 Å². The van der Waals surface area contributed by atoms with Gasteiger partial charge >= 0.3 is 0 Å². The van der Waals surface area contributed by atoms with Gasteiger partial charge in [-0.05, 0) is 43.0 Å². The Balaban J connectivity index is 1.82. The van der Waals surface area contributed by atoms with Gasteiger partial charge in [0, 0.05) is 30.2 Å². The first-order chi connectivity index (χ1) is 9.33. The van der Waals surface area contributed by atoms with Gasteiger partial charge in [-0.25, -0.2) is 0 Å². The van der Waals surface area contributed by atoms with E-state index in [1.165, 1.54) is 31.5 Å². The molecule has 0 spiro atoms. The number of nitrogens with zero attached hydrogens (tertiary/aromatic N) is 2. The van der Waals surface area contributed by atoms with Crippen LogP contribution in [0.2, 0.25) is 0 Å². The minimum absolute atomic E-state index is 0.640. The summed E-state index contributed by atoms with van der Waals surface area (Å²) < 4.78 is 5.96. The van der Waals surface area contributed by atoms with E-state index in [0.717, 1.165) is 16.7 Å². The van der Waals surface area contributed by atoms with Crippen molar-refractivity contribution in [1.82, 2.24) is 4.90 Å². The smallest absolute Gasteiger partial charge is 0.134 e. The molecule has 94 valence electrons. The predicted octanol–water partition coefficient (Wildman–Crippen LogP) is 3.37. The van der Waals surface area contributed by atoms with Crippen LogP contribution in [-0.2, 0) is 0 Å². The standard InChI is InChI=1S/C16H14N2O/c17-9-11-1-2-15-13(7-11)8-16(19-15)14-10-18-5-3-12(14)4-6-18/h1-2,7-8,10,12H,3-6H2. The largest absolute Gasteiger partial charge is 0.456 e. The molecule has 3 nitrogen and oxygen atoms in total. The summed E-state index contributed by atoms with van der Waals surface area (Å²) >= 11 is 0. The van der Waals surface area contributed by atoms with Crippen LogP contribution in [0, 0.1) is 17.2 Å². The normalized spacial score (nSPS) is 18.7. The molecular weight excluding hydrogens is 236 g/mol. The fraction of sp³-hybridized carbons (Fsp3) is 0.312. The molecule has 5 rings (SSSR count). The maximum atomic E-state index is 8.94. The molecule has 3 aliphatic heterocycles. The molecule has 0 atom stereocenters. The highest BCUT2D eigenvalue weighted by Gasteiger charge is 2.29. The second kappa shape index (κ2) is 3.89. The molecule has 0 amide bonds. The van der Waals surface area contributed by atoms with Crippen LogP contribution in [-0.4, -0.2) is 18.0 Å². The lowest BCUT2D eigenvalue weighted by molar-refractivity contribution is 0.250. The molecule has 1 saturated heterocycles. The maximum Gasteiger partial charge on any atom is 0.134 e. The number of hydrogen-bond acceptors (Lipinski definition) is 3. The summed E-state index contributed by atoms with van der Waals surface area (Å²) in [4.78, 5) is 2.38. The Morgan fingerprint density at radius 2 is 2.05 bits per heavy atom. The highest BCUT2D eigenvalue weighted by atomic mass is 16.3. The van der Waals surface area contributed by atoms with Crippen LogP contribution in [0.15, 0.2) is 34.9 Å². The lowest BCUT2D eigenvalue weighted by Crippen LogP contribution is -2.35. The van der Waals surface area contributed by atoms with Crippen molar-refractivity contribution < 1.29 is 4.42 Å². The number of nitriles is 1. The molecule has 3 aliphatic rings. The van der Waals surface area contributed by atoms with Gasteiger partial charge in [-0.15, -0.1) is 0 Å². The number of benzene rings is 1. The summed E-state index contributed by atoms with van der Waals surface area (Å²) in [5.74, 6) is 1.61. The SMILES string of the molecule is N#Cc1ccc2oc(C3=CN4CCC3CC4)cc2c1. The Morgan fingerprint density at radius 3 is 2.74 bits per heavy atom. The number of furan rings is 1. The monoisotopic (exact) mass is 250 g/mol. The quantitative estimate of drug-likeness (QED) is 0.779. The van der Waals surface area contributed by atoms with Gasteiger partial charge in [-0.2, -0.15) is 5.26 Å². The molecule has 19 heavy (non-hydrogen) atoms. The molecule has 1 fully saturated rings. The second-order valence-electron chi connectivity index (χ2n) is 5.37. The summed E-state index contributed by atoms with van der Waals surface area (Å²) in [6.07, 6.45) is 4.71. The lowest BCUT2D eigenvalue weighted by Gasteiger charge is -2.38. The zero-order valence-corrected chi connectivity index (χ0v) is 10.6. The van der Waals surface area contributed by atoms with Crippen LogP contribution >= 0.6 is 0 Å². The van der Waals surface area contributed by atoms with E-state index in [1.54, 1.807) is 6.07 Å². The molecule has 1 aromatic carbocycles. The number of fused-ring (bicyclic) bond motifs is 3. The zero-order chi connectivity index (χ0) is 12.8. The first-order valence-electron chi connectivity index (χ1n) is 6.73. The summed E-state index contributed by atoms with van der Waals surface area (Å²) in [5.41, 5.74) is 2.88. The molecule has 0 saturated carbocycles. The van der Waals surface area contributed by atoms with Crippen molar-refractivity contribution in [2.45, 2.75) is 12.8 Å². The van der Waals surface area contributed by atoms with E-state index in [4.69, 9.17) is 9.68 Å². The Bertz CT molecular complexity index is 712. The molecule has 2 bridgehead atoms. The summed E-state index contributed by atoms with van der Waals surface area (Å²) in [6.45, 7) is 2.35. The van der Waals surface area contributed by atoms with Gasteiger partial charge in [0.1, 0.15) is 11.3 Å². The van der Waals surface area contributed by atoms with Crippen molar-refractivity contribution >= 4 is 16.5 Å². The third-order valence-electron chi connectivity index (χ3n) is 4.22. The van der Waals surface area contributed by atoms with Crippen LogP contribution in [0.3, 0.4) is 0 Å². The molecule has 0 radical (unpaired) electrons. The van der Waals surface area contributed by atoms with Gasteiger partial charge in [-0.3, -0.25) is 0 Å². The molecule has 0 unspecified atom stereocenters. The van der Waals surface area contributed by atoms with E-state index in [9.17, 15) is 0 Å². The third-order valence-corrected chi connectivity index (χ3v) is 4.22. The van der Waals surface area contributed by atoms with Gasteiger partial charge in [-0.1, -0.05) is 0 Å². The first kappa shape index (κ1) is 10.7. The Morgan fingerprint density at radius 1 is 1.21 bits per heavy atom. The average Bonchev–Trinajstić information content (AvgIpc) is 2.91. The Hall–Kier alpha value is -2.21. The van der Waals surface area contributed by atoms with E-state index >= 15 is 0 Å². The molecular formula is C16H14N2O. The van der Waals surface area contributed by atoms with Gasteiger partial charge in [0.2, 0.25) is 0 Å². The number of allylic oxidation sites excluding steroid dienone is 1. The first-order valence-corrected chi connectivity index (χ1v) is 6.73. The fourth-order valence-corrected chi connectivity index (χ4v) is 3.16. The van der Waals surface area contributed by atoms with E-state index in [2.05, 4.69) is 23.2 Å². The number of hydrogen-bond donors (Lipinski definition) is 0. The topological polar surface area (TPSA) is 40.2 Å². The summed E-state index contributed by atoms with van der Waals surface area (Å²) in [7, 11) is 0. The highest BCUT2D eigenvalue weighted by Crippen LogP contribution is 2.39. The second-order valence-corrected chi connectivity index (χ2v) is 5.37. The van der Waals surface area contributed by atoms with Crippen LogP contribution in [0.4, 0.5) is 0 Å². The molecule has 4 heterocycles. The van der Waals surface area contributed by atoms with E-state index in [1.807, 2.05) is 12.1 Å². The van der Waals surface area contributed by atoms with Crippen molar-refractivity contribution in [3.8, 4) is 6.07 Å². The molecule has 0 aliphatic carbocycles. The van der Waals surface area contributed by atoms with Crippen molar-refractivity contribution in [1.29, 1.82) is 5.26 Å². The van der Waals surface area contributed by atoms with Crippen LogP contribution in [0.25, 0.3) is 16.5 Å². The maximum absolute atomic E-state index is 8.94. The fourth-order valence-electron chi connectivity index (χ4n) is 3.16. The van der Waals surface area contributed by atoms with Gasteiger partial charge in [0.15, 0.2) is 0 Å². The molecule has 3 heteroatoms. The molecule has 0 N–H and O–H groups in total. The molecule has 1 aromatic heterocycles. The third kappa shape index (κ3) is 1.64. The Kier molecular flexibility index (Phi) is 2.19. The van der Waals surface area contributed by atoms with Crippen molar-refractivity contribution in [2.75, 3.05) is 13.1 Å². The van der Waals surface area contributed by atoms with Crippen molar-refractivity contribution in [2.24, 2.45) is 5.92 Å². The lowest BCUT2D eigenvalue weighted by atomic mass is 9.84. The van der Waals surface area contributed by atoms with Crippen molar-refractivity contribution in [3.63, 3.8) is 0 Å². The molecule has 2 aromatic rings. The number of rotatable bonds is 1. The van der Waals surface area contributed by atoms with E-state index < -0.39 is 0 Å². The zero-order valence-electron chi connectivity index (χ0n) is 10.6. The van der Waals surface area contributed by atoms with Gasteiger partial charge in [0.05, 0.1) is 11.6 Å². The minimum atomic E-state index is 0.640. The summed E-state index contributed by atoms with van der Waals surface area (Å²) in [6, 6.07) is 9.83. The minimum Gasteiger partial charge on any atom is -0.456 e. The van der Waals surface area contributed by atoms with Crippen LogP contribution < -0.4 is 0 Å². The van der Waals surface area contributed by atoms with Gasteiger partial charge in [0.25, 0.3) is 0 Å². The average molecular weight is 250 g/mol. The Labute approximate surface area is 111 Å². The summed E-state index contributed by atoms with van der Waals surface area (Å²) in [5, 5.41) is 9.96. The predicted molar refractivity (Wildman–Crippen MR) is 73.2 cm³/mol. The van der Waals surface area contributed by atoms with E-state index in [0.29, 0.717) is 11.5 Å².